The summed E-state index contributed by atoms with van der Waals surface area (Å²) < 4.78 is 17.6. The van der Waals surface area contributed by atoms with E-state index in [0.717, 1.165) is 0 Å². The zero-order valence-corrected chi connectivity index (χ0v) is 10.4. The van der Waals surface area contributed by atoms with Gasteiger partial charge in [0.15, 0.2) is 11.7 Å². The van der Waals surface area contributed by atoms with Crippen molar-refractivity contribution in [2.75, 3.05) is 12.9 Å². The summed E-state index contributed by atoms with van der Waals surface area (Å²) >= 11 is 1.18. The van der Waals surface area contributed by atoms with Gasteiger partial charge in [-0.05, 0) is 18.2 Å². The van der Waals surface area contributed by atoms with Crippen LogP contribution in [0, 0.1) is 11.7 Å². The van der Waals surface area contributed by atoms with Crippen molar-refractivity contribution in [3.63, 3.8) is 0 Å². The molecule has 1 aliphatic rings. The van der Waals surface area contributed by atoms with Gasteiger partial charge in [-0.3, -0.25) is 9.59 Å². The largest absolute Gasteiger partial charge is 0.468 e. The molecule has 1 aromatic carbocycles. The van der Waals surface area contributed by atoms with Gasteiger partial charge in [0.2, 0.25) is 0 Å². The molecule has 4 nitrogen and oxygen atoms in total. The number of aliphatic imine (C=N–C) groups is 1. The fraction of sp³-hybridized carbons (Fsp3) is 0.250. The minimum absolute atomic E-state index is 0.188. The van der Waals surface area contributed by atoms with Crippen molar-refractivity contribution in [1.82, 2.24) is 0 Å². The van der Waals surface area contributed by atoms with Crippen LogP contribution in [0.4, 0.5) is 10.1 Å². The molecule has 0 radical (unpaired) electrons. The maximum absolute atomic E-state index is 13.0. The van der Waals surface area contributed by atoms with Crippen LogP contribution in [-0.4, -0.2) is 29.7 Å². The van der Waals surface area contributed by atoms with Gasteiger partial charge in [0, 0.05) is 0 Å². The van der Waals surface area contributed by atoms with Crippen LogP contribution in [0.1, 0.15) is 0 Å². The first-order valence-electron chi connectivity index (χ1n) is 5.19. The third-order valence-electron chi connectivity index (χ3n) is 2.42. The van der Waals surface area contributed by atoms with E-state index in [2.05, 4.69) is 9.73 Å². The predicted molar refractivity (Wildman–Crippen MR) is 66.5 cm³/mol. The lowest BCUT2D eigenvalue weighted by Gasteiger charge is -2.06. The molecule has 0 aromatic heterocycles. The molecule has 1 atom stereocenters. The fourth-order valence-electron chi connectivity index (χ4n) is 1.57. The Morgan fingerprint density at radius 3 is 3.00 bits per heavy atom. The molecule has 2 rings (SSSR count). The van der Waals surface area contributed by atoms with Crippen molar-refractivity contribution in [3.8, 4) is 0 Å². The fourth-order valence-corrected chi connectivity index (χ4v) is 2.59. The van der Waals surface area contributed by atoms with Gasteiger partial charge in [-0.25, -0.2) is 9.38 Å². The Morgan fingerprint density at radius 1 is 1.56 bits per heavy atom. The number of thioether (sulfide) groups is 1. The Balaban J connectivity index is 2.32. The Labute approximate surface area is 107 Å². The first-order valence-corrected chi connectivity index (χ1v) is 6.18. The summed E-state index contributed by atoms with van der Waals surface area (Å²) in [6.07, 6.45) is 0. The number of ketones is 1. The summed E-state index contributed by atoms with van der Waals surface area (Å²) in [6, 6.07) is 5.66. The SMILES string of the molecule is COC(=O)C1C(=O)CSC1=Nc1cccc(F)c1. The highest BCUT2D eigenvalue weighted by Gasteiger charge is 2.38. The molecule has 0 saturated carbocycles. The molecular weight excluding hydrogens is 257 g/mol. The van der Waals surface area contributed by atoms with Crippen molar-refractivity contribution < 1.29 is 18.7 Å². The van der Waals surface area contributed by atoms with Crippen LogP contribution >= 0.6 is 11.8 Å². The normalized spacial score (nSPS) is 21.3. The predicted octanol–water partition coefficient (Wildman–Crippen LogP) is 1.96. The van der Waals surface area contributed by atoms with Gasteiger partial charge < -0.3 is 4.74 Å². The molecule has 1 aliphatic heterocycles. The first kappa shape index (κ1) is 12.8. The molecule has 0 spiro atoms. The van der Waals surface area contributed by atoms with E-state index in [1.807, 2.05) is 0 Å². The van der Waals surface area contributed by atoms with E-state index in [1.54, 1.807) is 6.07 Å². The molecule has 0 bridgehead atoms. The lowest BCUT2D eigenvalue weighted by atomic mass is 10.1. The van der Waals surface area contributed by atoms with E-state index in [4.69, 9.17) is 0 Å². The van der Waals surface area contributed by atoms with Crippen LogP contribution in [0.5, 0.6) is 0 Å². The number of nitrogens with zero attached hydrogens (tertiary/aromatic N) is 1. The van der Waals surface area contributed by atoms with Crippen LogP contribution in [0.3, 0.4) is 0 Å². The smallest absolute Gasteiger partial charge is 0.322 e. The Bertz CT molecular complexity index is 530. The van der Waals surface area contributed by atoms with E-state index in [-0.39, 0.29) is 11.5 Å². The van der Waals surface area contributed by atoms with Gasteiger partial charge in [-0.15, -0.1) is 11.8 Å². The summed E-state index contributed by atoms with van der Waals surface area (Å²) in [5, 5.41) is 0.359. The van der Waals surface area contributed by atoms with Crippen LogP contribution in [0.25, 0.3) is 0 Å². The quantitative estimate of drug-likeness (QED) is 0.607. The summed E-state index contributed by atoms with van der Waals surface area (Å²) in [5.41, 5.74) is 0.376. The van der Waals surface area contributed by atoms with Crippen molar-refractivity contribution in [3.05, 3.63) is 30.1 Å². The number of rotatable bonds is 2. The third-order valence-corrected chi connectivity index (χ3v) is 3.47. The summed E-state index contributed by atoms with van der Waals surface area (Å²) in [4.78, 5) is 27.2. The van der Waals surface area contributed by atoms with Crippen LogP contribution in [0.15, 0.2) is 29.3 Å². The monoisotopic (exact) mass is 267 g/mol. The number of esters is 1. The number of carbonyl (C=O) groups excluding carboxylic acids is 2. The lowest BCUT2D eigenvalue weighted by Crippen LogP contribution is -2.26. The van der Waals surface area contributed by atoms with Gasteiger partial charge in [-0.2, -0.15) is 0 Å². The molecule has 1 fully saturated rings. The molecule has 1 saturated heterocycles. The first-order chi connectivity index (χ1) is 8.61. The Morgan fingerprint density at radius 2 is 2.33 bits per heavy atom. The maximum atomic E-state index is 13.0. The highest BCUT2D eigenvalue weighted by atomic mass is 32.2. The van der Waals surface area contributed by atoms with E-state index in [9.17, 15) is 14.0 Å². The Hall–Kier alpha value is -1.69. The highest BCUT2D eigenvalue weighted by molar-refractivity contribution is 8.15. The zero-order valence-electron chi connectivity index (χ0n) is 9.55. The second-order valence-electron chi connectivity index (χ2n) is 3.64. The molecule has 1 unspecified atom stereocenters. The minimum Gasteiger partial charge on any atom is -0.468 e. The number of methoxy groups -OCH3 is 1. The zero-order chi connectivity index (χ0) is 13.1. The molecule has 1 heterocycles. The molecule has 0 amide bonds. The lowest BCUT2D eigenvalue weighted by molar-refractivity contribution is -0.145. The Kier molecular flexibility index (Phi) is 3.76. The van der Waals surface area contributed by atoms with E-state index in [0.29, 0.717) is 10.7 Å². The summed E-state index contributed by atoms with van der Waals surface area (Å²) in [6.45, 7) is 0. The van der Waals surface area contributed by atoms with Crippen molar-refractivity contribution in [1.29, 1.82) is 0 Å². The maximum Gasteiger partial charge on any atom is 0.322 e. The number of hydrogen-bond acceptors (Lipinski definition) is 5. The number of ether oxygens (including phenoxy) is 1. The molecule has 6 heteroatoms. The van der Waals surface area contributed by atoms with Crippen LogP contribution in [-0.2, 0) is 14.3 Å². The molecule has 1 aromatic rings. The van der Waals surface area contributed by atoms with Crippen LogP contribution < -0.4 is 0 Å². The second kappa shape index (κ2) is 5.30. The number of Topliss-reactive ketones (excluding diaryl/α,β-unsaturated/α-hetero) is 1. The van der Waals surface area contributed by atoms with Crippen LogP contribution in [0.2, 0.25) is 0 Å². The highest BCUT2D eigenvalue weighted by Crippen LogP contribution is 2.28. The van der Waals surface area contributed by atoms with Crippen molar-refractivity contribution in [2.24, 2.45) is 10.9 Å². The van der Waals surface area contributed by atoms with Gasteiger partial charge in [0.1, 0.15) is 5.82 Å². The molecular formula is C12H10FNO3S. The number of hydrogen-bond donors (Lipinski definition) is 0. The van der Waals surface area contributed by atoms with Gasteiger partial charge in [-0.1, -0.05) is 6.07 Å². The molecule has 0 aliphatic carbocycles. The number of benzene rings is 1. The minimum atomic E-state index is -0.969. The van der Waals surface area contributed by atoms with Crippen molar-refractivity contribution >= 4 is 34.2 Å². The summed E-state index contributed by atoms with van der Waals surface area (Å²) in [5.74, 6) is -2.06. The molecule has 94 valence electrons. The molecule has 18 heavy (non-hydrogen) atoms. The van der Waals surface area contributed by atoms with Crippen molar-refractivity contribution in [2.45, 2.75) is 0 Å². The summed E-state index contributed by atoms with van der Waals surface area (Å²) in [7, 11) is 1.22. The van der Waals surface area contributed by atoms with E-state index >= 15 is 0 Å². The average Bonchev–Trinajstić information content (AvgIpc) is 2.70. The average molecular weight is 267 g/mol. The number of carbonyl (C=O) groups is 2. The van der Waals surface area contributed by atoms with Gasteiger partial charge in [0.25, 0.3) is 0 Å². The number of halogens is 1. The molecule has 0 N–H and O–H groups in total. The van der Waals surface area contributed by atoms with E-state index in [1.165, 1.54) is 37.1 Å². The topological polar surface area (TPSA) is 55.7 Å². The second-order valence-corrected chi connectivity index (χ2v) is 4.64. The standard InChI is InChI=1S/C12H10FNO3S/c1-17-12(16)10-9(15)6-18-11(10)14-8-4-2-3-7(13)5-8/h2-5,10H,6H2,1H3. The van der Waals surface area contributed by atoms with Gasteiger partial charge >= 0.3 is 5.97 Å². The van der Waals surface area contributed by atoms with Gasteiger partial charge in [0.05, 0.1) is 23.6 Å². The third kappa shape index (κ3) is 2.59. The van der Waals surface area contributed by atoms with E-state index < -0.39 is 17.7 Å².